The third-order valence-electron chi connectivity index (χ3n) is 3.38. The van der Waals surface area contributed by atoms with E-state index in [0.29, 0.717) is 16.0 Å². The number of hydrazone groups is 1. The normalized spacial score (nSPS) is 11.2. The van der Waals surface area contributed by atoms with Crippen molar-refractivity contribution in [2.24, 2.45) is 5.10 Å². The highest BCUT2D eigenvalue weighted by Crippen LogP contribution is 2.22. The minimum absolute atomic E-state index is 0.138. The Hall–Kier alpha value is -2.82. The zero-order chi connectivity index (χ0) is 18.4. The molecule has 0 radical (unpaired) electrons. The Labute approximate surface area is 160 Å². The molecule has 8 heteroatoms. The van der Waals surface area contributed by atoms with E-state index in [1.807, 2.05) is 41.8 Å². The van der Waals surface area contributed by atoms with Crippen LogP contribution in [-0.2, 0) is 0 Å². The van der Waals surface area contributed by atoms with Gasteiger partial charge in [0.15, 0.2) is 5.16 Å². The molecule has 0 spiro atoms. The molecule has 1 aromatic heterocycles. The average Bonchev–Trinajstić information content (AvgIpc) is 3.08. The van der Waals surface area contributed by atoms with E-state index in [9.17, 15) is 5.26 Å². The van der Waals surface area contributed by atoms with Crippen LogP contribution >= 0.6 is 23.4 Å². The maximum absolute atomic E-state index is 9.58. The van der Waals surface area contributed by atoms with E-state index in [1.165, 1.54) is 0 Å². The van der Waals surface area contributed by atoms with Crippen molar-refractivity contribution in [2.45, 2.75) is 12.1 Å². The number of halogens is 1. The molecule has 0 bridgehead atoms. The number of hydrogen-bond acceptors (Lipinski definition) is 6. The quantitative estimate of drug-likeness (QED) is 0.389. The average molecular weight is 383 g/mol. The van der Waals surface area contributed by atoms with Gasteiger partial charge in [-0.25, -0.2) is 0 Å². The summed E-state index contributed by atoms with van der Waals surface area (Å²) < 4.78 is 1.83. The maximum Gasteiger partial charge on any atom is 0.205 e. The number of hydrogen-bond donors (Lipinski definition) is 1. The van der Waals surface area contributed by atoms with Gasteiger partial charge in [0.1, 0.15) is 6.07 Å². The number of nitrogens with one attached hydrogen (secondary N) is 1. The molecule has 26 heavy (non-hydrogen) atoms. The monoisotopic (exact) mass is 382 g/mol. The Morgan fingerprint density at radius 1 is 1.19 bits per heavy atom. The van der Waals surface area contributed by atoms with Crippen LogP contribution in [0, 0.1) is 11.3 Å². The smallest absolute Gasteiger partial charge is 0.205 e. The molecule has 0 aliphatic heterocycles. The first-order chi connectivity index (χ1) is 12.7. The molecule has 0 aliphatic rings. The molecule has 1 heterocycles. The molecule has 3 rings (SSSR count). The lowest BCUT2D eigenvalue weighted by molar-refractivity contribution is 0.881. The van der Waals surface area contributed by atoms with E-state index in [2.05, 4.69) is 26.8 Å². The summed E-state index contributed by atoms with van der Waals surface area (Å²) in [5.41, 5.74) is 4.59. The Morgan fingerprint density at radius 3 is 2.58 bits per heavy atom. The maximum atomic E-state index is 9.58. The van der Waals surface area contributed by atoms with Crippen molar-refractivity contribution in [2.75, 3.05) is 11.2 Å². The summed E-state index contributed by atoms with van der Waals surface area (Å²) in [6.45, 7) is 2.04. The summed E-state index contributed by atoms with van der Waals surface area (Å²) >= 11 is 7.43. The molecule has 1 N–H and O–H groups in total. The minimum atomic E-state index is 0.138. The lowest BCUT2D eigenvalue weighted by atomic mass is 10.3. The summed E-state index contributed by atoms with van der Waals surface area (Å²) in [7, 11) is 0. The number of anilines is 1. The highest BCUT2D eigenvalue weighted by molar-refractivity contribution is 7.99. The molecule has 3 aromatic rings. The Balaban J connectivity index is 1.99. The number of benzene rings is 2. The van der Waals surface area contributed by atoms with Crippen LogP contribution in [0.25, 0.3) is 5.69 Å². The van der Waals surface area contributed by atoms with Gasteiger partial charge in [0, 0.05) is 10.7 Å². The van der Waals surface area contributed by atoms with Crippen molar-refractivity contribution >= 4 is 34.8 Å². The molecule has 2 aromatic carbocycles. The zero-order valence-corrected chi connectivity index (χ0v) is 15.5. The number of nitrogens with zero attached hydrogens (tertiary/aromatic N) is 5. The third kappa shape index (κ3) is 4.04. The standard InChI is InChI=1S/C18H15ClN6S/c1-2-26-18-24-23-17(25(18)15-6-4-3-5-7-15)16(12-20)22-21-14-10-8-13(19)9-11-14/h3-11,21H,2H2,1H3/b22-16+. The molecular weight excluding hydrogens is 368 g/mol. The number of nitriles is 1. The minimum Gasteiger partial charge on any atom is -0.277 e. The van der Waals surface area contributed by atoms with E-state index in [4.69, 9.17) is 11.6 Å². The Morgan fingerprint density at radius 2 is 1.92 bits per heavy atom. The van der Waals surface area contributed by atoms with E-state index in [-0.39, 0.29) is 5.71 Å². The van der Waals surface area contributed by atoms with Gasteiger partial charge < -0.3 is 0 Å². The molecule has 0 fully saturated rings. The highest BCUT2D eigenvalue weighted by atomic mass is 35.5. The van der Waals surface area contributed by atoms with Crippen LogP contribution in [0.3, 0.4) is 0 Å². The van der Waals surface area contributed by atoms with Gasteiger partial charge in [-0.2, -0.15) is 10.4 Å². The fourth-order valence-corrected chi connectivity index (χ4v) is 3.03. The SMILES string of the molecule is CCSc1nnc(/C(C#N)=N/Nc2ccc(Cl)cc2)n1-c1ccccc1. The van der Waals surface area contributed by atoms with Crippen LogP contribution in [0.2, 0.25) is 5.02 Å². The van der Waals surface area contributed by atoms with Gasteiger partial charge in [-0.15, -0.1) is 10.2 Å². The fourth-order valence-electron chi connectivity index (χ4n) is 2.23. The Kier molecular flexibility index (Phi) is 5.89. The lowest BCUT2D eigenvalue weighted by Crippen LogP contribution is -2.11. The molecular formula is C18H15ClN6S. The first kappa shape index (κ1) is 18.0. The van der Waals surface area contributed by atoms with E-state index < -0.39 is 0 Å². The second-order valence-electron chi connectivity index (χ2n) is 5.10. The van der Waals surface area contributed by atoms with Crippen molar-refractivity contribution < 1.29 is 0 Å². The first-order valence-electron chi connectivity index (χ1n) is 7.86. The van der Waals surface area contributed by atoms with Gasteiger partial charge in [-0.05, 0) is 42.2 Å². The molecule has 130 valence electrons. The van der Waals surface area contributed by atoms with Gasteiger partial charge >= 0.3 is 0 Å². The predicted molar refractivity (Wildman–Crippen MR) is 105 cm³/mol. The van der Waals surface area contributed by atoms with Gasteiger partial charge in [0.25, 0.3) is 0 Å². The predicted octanol–water partition coefficient (Wildman–Crippen LogP) is 4.37. The van der Waals surface area contributed by atoms with Crippen LogP contribution in [0.1, 0.15) is 12.7 Å². The van der Waals surface area contributed by atoms with Gasteiger partial charge in [0.05, 0.1) is 5.69 Å². The second-order valence-corrected chi connectivity index (χ2v) is 6.77. The lowest BCUT2D eigenvalue weighted by Gasteiger charge is -2.08. The van der Waals surface area contributed by atoms with Crippen molar-refractivity contribution in [1.29, 1.82) is 5.26 Å². The van der Waals surface area contributed by atoms with Crippen LogP contribution in [0.5, 0.6) is 0 Å². The summed E-state index contributed by atoms with van der Waals surface area (Å²) in [6, 6.07) is 18.8. The van der Waals surface area contributed by atoms with Crippen molar-refractivity contribution in [3.63, 3.8) is 0 Å². The first-order valence-corrected chi connectivity index (χ1v) is 9.22. The summed E-state index contributed by atoms with van der Waals surface area (Å²) in [5.74, 6) is 1.23. The second kappa shape index (κ2) is 8.52. The summed E-state index contributed by atoms with van der Waals surface area (Å²) in [6.07, 6.45) is 0. The van der Waals surface area contributed by atoms with E-state index >= 15 is 0 Å². The van der Waals surface area contributed by atoms with Crippen molar-refractivity contribution in [1.82, 2.24) is 14.8 Å². The summed E-state index contributed by atoms with van der Waals surface area (Å²) in [5, 5.41) is 23.5. The van der Waals surface area contributed by atoms with E-state index in [1.54, 1.807) is 36.0 Å². The van der Waals surface area contributed by atoms with Gasteiger partial charge in [-0.1, -0.05) is 48.5 Å². The number of aromatic nitrogens is 3. The van der Waals surface area contributed by atoms with Crippen LogP contribution in [-0.4, -0.2) is 26.2 Å². The topological polar surface area (TPSA) is 78.9 Å². The Bertz CT molecular complexity index is 944. The van der Waals surface area contributed by atoms with E-state index in [0.717, 1.165) is 17.1 Å². The van der Waals surface area contributed by atoms with Crippen LogP contribution in [0.15, 0.2) is 64.9 Å². The zero-order valence-electron chi connectivity index (χ0n) is 13.9. The largest absolute Gasteiger partial charge is 0.277 e. The molecule has 0 amide bonds. The highest BCUT2D eigenvalue weighted by Gasteiger charge is 2.18. The van der Waals surface area contributed by atoms with Crippen molar-refractivity contribution in [3.8, 4) is 11.8 Å². The number of rotatable bonds is 6. The molecule has 0 unspecified atom stereocenters. The molecule has 0 saturated heterocycles. The van der Waals surface area contributed by atoms with Crippen LogP contribution < -0.4 is 5.43 Å². The molecule has 0 atom stereocenters. The number of thioether (sulfide) groups is 1. The molecule has 0 aliphatic carbocycles. The fraction of sp³-hybridized carbons (Fsp3) is 0.111. The van der Waals surface area contributed by atoms with Crippen molar-refractivity contribution in [3.05, 3.63) is 65.4 Å². The molecule has 0 saturated carbocycles. The van der Waals surface area contributed by atoms with Gasteiger partial charge in [0.2, 0.25) is 11.5 Å². The third-order valence-corrected chi connectivity index (χ3v) is 4.44. The summed E-state index contributed by atoms with van der Waals surface area (Å²) in [4.78, 5) is 0. The van der Waals surface area contributed by atoms with Crippen LogP contribution in [0.4, 0.5) is 5.69 Å². The number of para-hydroxylation sites is 1. The molecule has 6 nitrogen and oxygen atoms in total. The van der Waals surface area contributed by atoms with Gasteiger partial charge in [-0.3, -0.25) is 9.99 Å².